The number of hydrogen-bond donors (Lipinski definition) is 2. The van der Waals surface area contributed by atoms with E-state index in [0.29, 0.717) is 58.4 Å². The molecule has 2 N–H and O–H groups in total. The molecule has 69 heavy (non-hydrogen) atoms. The maximum absolute atomic E-state index is 14.9. The van der Waals surface area contributed by atoms with Crippen LogP contribution < -0.4 is 18.9 Å². The second kappa shape index (κ2) is 21.1. The van der Waals surface area contributed by atoms with Crippen molar-refractivity contribution in [1.29, 1.82) is 0 Å². The van der Waals surface area contributed by atoms with Crippen LogP contribution in [0.3, 0.4) is 0 Å². The number of carbonyl (C=O) groups is 1. The van der Waals surface area contributed by atoms with E-state index in [4.69, 9.17) is 33.7 Å². The molecular weight excluding hydrogens is 879 g/mol. The summed E-state index contributed by atoms with van der Waals surface area (Å²) in [4.78, 5) is 33.7. The zero-order valence-electron chi connectivity index (χ0n) is 38.6. The summed E-state index contributed by atoms with van der Waals surface area (Å²) in [5.74, 6) is 0.305. The SMILES string of the molecule is C=CCOC12Oc3ccc(Oc4ccc(-c5ccccc5)cc4)cc3C3C(CCCCO)C(CCCCO)C=C(C(=NOCc4ccc([N+](=O)[O-])cc4)CC1N(C)C(=O)c1ccc4c(c1)OCO4)C32. The number of non-ortho nitro benzene ring substituents is 1. The Morgan fingerprint density at radius 2 is 1.58 bits per heavy atom. The van der Waals surface area contributed by atoms with E-state index in [1.165, 1.54) is 12.1 Å². The number of nitro benzene ring substituents is 1. The molecule has 5 aromatic carbocycles. The summed E-state index contributed by atoms with van der Waals surface area (Å²) in [6, 6.07) is 34.5. The number of hydrogen-bond acceptors (Lipinski definition) is 12. The van der Waals surface area contributed by atoms with Gasteiger partial charge in [0.05, 0.1) is 23.2 Å². The first-order valence-electron chi connectivity index (χ1n) is 23.6. The summed E-state index contributed by atoms with van der Waals surface area (Å²) in [7, 11) is 1.74. The number of unbranched alkanes of at least 4 members (excludes halogenated alkanes) is 2. The first-order valence-corrected chi connectivity index (χ1v) is 23.6. The Bertz CT molecular complexity index is 2690. The molecule has 4 aliphatic rings. The number of rotatable bonds is 20. The van der Waals surface area contributed by atoms with E-state index in [1.54, 1.807) is 48.4 Å². The molecule has 6 atom stereocenters. The van der Waals surface area contributed by atoms with Crippen molar-refractivity contribution in [2.24, 2.45) is 22.9 Å². The summed E-state index contributed by atoms with van der Waals surface area (Å²) >= 11 is 0. The molecule has 5 aromatic rings. The normalized spacial score (nSPS) is 22.4. The topological polar surface area (TPSA) is 172 Å². The lowest BCUT2D eigenvalue weighted by Gasteiger charge is -2.59. The number of nitro groups is 1. The predicted molar refractivity (Wildman–Crippen MR) is 259 cm³/mol. The van der Waals surface area contributed by atoms with Gasteiger partial charge in [0.2, 0.25) is 12.6 Å². The fraction of sp³-hybridized carbons (Fsp3) is 0.345. The molecule has 0 aromatic heterocycles. The number of carbonyl (C=O) groups excluding carboxylic acids is 1. The average molecular weight is 936 g/mol. The largest absolute Gasteiger partial charge is 0.459 e. The van der Waals surface area contributed by atoms with E-state index in [9.17, 15) is 25.1 Å². The van der Waals surface area contributed by atoms with Gasteiger partial charge in [0.1, 0.15) is 29.9 Å². The third-order valence-corrected chi connectivity index (χ3v) is 13.8. The highest BCUT2D eigenvalue weighted by Crippen LogP contribution is 2.62. The van der Waals surface area contributed by atoms with Gasteiger partial charge in [-0.05, 0) is 120 Å². The highest BCUT2D eigenvalue weighted by Gasteiger charge is 2.65. The van der Waals surface area contributed by atoms with Gasteiger partial charge in [0.15, 0.2) is 11.5 Å². The zero-order chi connectivity index (χ0) is 47.9. The second-order valence-corrected chi connectivity index (χ2v) is 17.9. The van der Waals surface area contributed by atoms with Crippen LogP contribution in [0.4, 0.5) is 5.69 Å². The Balaban J connectivity index is 1.17. The highest BCUT2D eigenvalue weighted by molar-refractivity contribution is 6.03. The number of fused-ring (bicyclic) bond motifs is 3. The van der Waals surface area contributed by atoms with Crippen LogP contribution in [0.2, 0.25) is 0 Å². The number of amides is 1. The van der Waals surface area contributed by atoms with Gasteiger partial charge in [0, 0.05) is 55.9 Å². The van der Waals surface area contributed by atoms with Crippen LogP contribution in [-0.2, 0) is 16.2 Å². The third-order valence-electron chi connectivity index (χ3n) is 13.8. The van der Waals surface area contributed by atoms with Crippen LogP contribution in [0, 0.1) is 27.9 Å². The van der Waals surface area contributed by atoms with Gasteiger partial charge in [-0.1, -0.05) is 72.6 Å². The highest BCUT2D eigenvalue weighted by atomic mass is 16.7. The first-order chi connectivity index (χ1) is 33.7. The minimum absolute atomic E-state index is 0.00495. The lowest BCUT2D eigenvalue weighted by molar-refractivity contribution is -0.384. The Morgan fingerprint density at radius 3 is 2.32 bits per heavy atom. The summed E-state index contributed by atoms with van der Waals surface area (Å²) in [6.07, 6.45) is 8.47. The average Bonchev–Trinajstić information content (AvgIpc) is 3.86. The van der Waals surface area contributed by atoms with Crippen LogP contribution in [0.5, 0.6) is 28.7 Å². The van der Waals surface area contributed by atoms with Crippen LogP contribution in [0.1, 0.15) is 72.3 Å². The molecule has 6 unspecified atom stereocenters. The summed E-state index contributed by atoms with van der Waals surface area (Å²) in [5, 5.41) is 36.3. The lowest BCUT2D eigenvalue weighted by atomic mass is 9.55. The van der Waals surface area contributed by atoms with Crippen molar-refractivity contribution in [3.8, 4) is 39.9 Å². The Labute approximate surface area is 401 Å². The zero-order valence-corrected chi connectivity index (χ0v) is 38.6. The van der Waals surface area contributed by atoms with Crippen molar-refractivity contribution in [3.05, 3.63) is 166 Å². The molecular formula is C55H57N3O11. The first kappa shape index (κ1) is 47.1. The maximum atomic E-state index is 14.9. The van der Waals surface area contributed by atoms with Gasteiger partial charge < -0.3 is 43.6 Å². The summed E-state index contributed by atoms with van der Waals surface area (Å²) in [5.41, 5.74) is 5.61. The number of oxime groups is 1. The maximum Gasteiger partial charge on any atom is 0.269 e. The molecule has 2 heterocycles. The number of aliphatic hydroxyl groups excluding tert-OH is 2. The van der Waals surface area contributed by atoms with Crippen molar-refractivity contribution in [2.75, 3.05) is 33.7 Å². The van der Waals surface area contributed by atoms with Gasteiger partial charge in [-0.15, -0.1) is 6.58 Å². The number of aliphatic hydroxyl groups is 2. The minimum atomic E-state index is -1.48. The molecule has 1 saturated carbocycles. The van der Waals surface area contributed by atoms with Crippen molar-refractivity contribution in [2.45, 2.75) is 69.3 Å². The molecule has 14 heteroatoms. The molecule has 358 valence electrons. The molecule has 9 rings (SSSR count). The van der Waals surface area contributed by atoms with Crippen molar-refractivity contribution in [1.82, 2.24) is 4.90 Å². The fourth-order valence-electron chi connectivity index (χ4n) is 10.5. The van der Waals surface area contributed by atoms with Crippen LogP contribution >= 0.6 is 0 Å². The lowest BCUT2D eigenvalue weighted by Crippen LogP contribution is -2.69. The molecule has 0 radical (unpaired) electrons. The number of ether oxygens (including phenoxy) is 5. The monoisotopic (exact) mass is 935 g/mol. The van der Waals surface area contributed by atoms with Gasteiger partial charge in [-0.2, -0.15) is 0 Å². The standard InChI is InChI=1S/C55H57N3O11/c1-3-29-66-55-51(57(2)54(61)40-19-25-49-50(31-40)65-35-64-49)33-47(56-67-34-36-15-20-41(21-16-36)58(62)63)45-30-39(13-7-9-27-59)44(14-8-10-28-60)52(53(45)55)46-32-43(24-26-48(46)69-55)68-42-22-17-38(18-23-42)37-11-5-4-6-12-37/h3-6,11-12,15-26,30-32,39,44,51-53,59-60H,1,7-10,13-14,27-29,33-35H2,2H3. The Morgan fingerprint density at radius 1 is 0.870 bits per heavy atom. The fourth-order valence-corrected chi connectivity index (χ4v) is 10.5. The molecule has 2 aliphatic carbocycles. The number of likely N-dealkylation sites (N-methyl/N-ethyl adjacent to an activating group) is 1. The second-order valence-electron chi connectivity index (χ2n) is 17.9. The van der Waals surface area contributed by atoms with E-state index in [1.807, 2.05) is 54.6 Å². The number of allylic oxidation sites excluding steroid dienone is 1. The summed E-state index contributed by atoms with van der Waals surface area (Å²) < 4.78 is 32.3. The van der Waals surface area contributed by atoms with Gasteiger partial charge in [0.25, 0.3) is 11.6 Å². The van der Waals surface area contributed by atoms with E-state index >= 15 is 0 Å². The van der Waals surface area contributed by atoms with E-state index in [0.717, 1.165) is 47.9 Å². The van der Waals surface area contributed by atoms with Crippen LogP contribution in [0.25, 0.3) is 11.1 Å². The molecule has 1 fully saturated rings. The number of benzene rings is 5. The molecule has 0 bridgehead atoms. The molecule has 1 amide bonds. The van der Waals surface area contributed by atoms with Crippen molar-refractivity contribution >= 4 is 17.3 Å². The van der Waals surface area contributed by atoms with E-state index in [-0.39, 0.29) is 69.0 Å². The molecule has 0 spiro atoms. The Kier molecular flexibility index (Phi) is 14.4. The molecule has 14 nitrogen and oxygen atoms in total. The van der Waals surface area contributed by atoms with Gasteiger partial charge in [-0.3, -0.25) is 14.9 Å². The predicted octanol–water partition coefficient (Wildman–Crippen LogP) is 10.4. The molecule has 2 aliphatic heterocycles. The quantitative estimate of drug-likeness (QED) is 0.0329. The van der Waals surface area contributed by atoms with Crippen LogP contribution in [0.15, 0.2) is 145 Å². The van der Waals surface area contributed by atoms with Crippen LogP contribution in [-0.4, -0.2) is 77.1 Å². The smallest absolute Gasteiger partial charge is 0.269 e. The minimum Gasteiger partial charge on any atom is -0.459 e. The van der Waals surface area contributed by atoms with Crippen molar-refractivity contribution < 1.29 is 48.5 Å². The molecule has 0 saturated heterocycles. The van der Waals surface area contributed by atoms with E-state index in [2.05, 4.69) is 30.9 Å². The Hall–Kier alpha value is -7.00. The van der Waals surface area contributed by atoms with Gasteiger partial charge >= 0.3 is 0 Å². The van der Waals surface area contributed by atoms with E-state index < -0.39 is 22.7 Å². The van der Waals surface area contributed by atoms with Crippen molar-refractivity contribution in [3.63, 3.8) is 0 Å². The number of nitrogens with zero attached hydrogens (tertiary/aromatic N) is 3. The third kappa shape index (κ3) is 9.83. The summed E-state index contributed by atoms with van der Waals surface area (Å²) in [6.45, 7) is 4.36. The van der Waals surface area contributed by atoms with Gasteiger partial charge in [-0.25, -0.2) is 0 Å².